The van der Waals surface area contributed by atoms with Gasteiger partial charge in [-0.1, -0.05) is 17.7 Å². The van der Waals surface area contributed by atoms with E-state index < -0.39 is 11.7 Å². The Kier molecular flexibility index (Phi) is 4.92. The Morgan fingerprint density at radius 1 is 1.42 bits per heavy atom. The fraction of sp³-hybridized carbons (Fsp3) is 0.500. The minimum absolute atomic E-state index is 0.129. The van der Waals surface area contributed by atoms with Crippen molar-refractivity contribution in [2.75, 3.05) is 0 Å². The maximum Gasteiger partial charge on any atom is 0.346 e. The highest BCUT2D eigenvalue weighted by Gasteiger charge is 2.32. The lowest BCUT2D eigenvalue weighted by atomic mass is 9.96. The van der Waals surface area contributed by atoms with Crippen molar-refractivity contribution in [3.05, 3.63) is 50.9 Å². The van der Waals surface area contributed by atoms with E-state index in [0.717, 1.165) is 6.42 Å². The topological polar surface area (TPSA) is 68.9 Å². The average Bonchev–Trinajstić information content (AvgIpc) is 2.85. The second-order valence-corrected chi connectivity index (χ2v) is 8.03. The van der Waals surface area contributed by atoms with Gasteiger partial charge >= 0.3 is 5.69 Å². The molecule has 1 aliphatic heterocycles. The summed E-state index contributed by atoms with van der Waals surface area (Å²) in [5.41, 5.74) is -0.0425. The Morgan fingerprint density at radius 2 is 2.15 bits per heavy atom. The molecule has 1 amide bonds. The zero-order valence-electron chi connectivity index (χ0n) is 15.1. The number of hydrogen-bond acceptors (Lipinski definition) is 3. The van der Waals surface area contributed by atoms with Crippen LogP contribution in [-0.2, 0) is 17.9 Å². The van der Waals surface area contributed by atoms with Gasteiger partial charge in [-0.15, -0.1) is 0 Å². The Bertz CT molecular complexity index is 898. The van der Waals surface area contributed by atoms with Crippen LogP contribution in [0.2, 0.25) is 5.02 Å². The van der Waals surface area contributed by atoms with Crippen LogP contribution in [0.15, 0.2) is 23.0 Å². The minimum atomic E-state index is -0.458. The Balaban J connectivity index is 1.92. The van der Waals surface area contributed by atoms with Crippen LogP contribution in [0.1, 0.15) is 50.9 Å². The number of nitrogens with zero attached hydrogens (tertiary/aromatic N) is 3. The van der Waals surface area contributed by atoms with E-state index in [0.29, 0.717) is 24.4 Å². The average molecular weight is 381 g/mol. The third kappa shape index (κ3) is 3.82. The molecule has 0 aliphatic carbocycles. The van der Waals surface area contributed by atoms with E-state index >= 15 is 0 Å². The van der Waals surface area contributed by atoms with Crippen molar-refractivity contribution in [3.8, 4) is 0 Å². The van der Waals surface area contributed by atoms with Crippen molar-refractivity contribution in [1.82, 2.24) is 19.7 Å². The van der Waals surface area contributed by atoms with Gasteiger partial charge in [0, 0.05) is 17.1 Å². The van der Waals surface area contributed by atoms with E-state index in [1.807, 2.05) is 20.8 Å². The van der Waals surface area contributed by atoms with Crippen molar-refractivity contribution in [1.29, 1.82) is 0 Å². The molecule has 1 aromatic carbocycles. The molecule has 0 spiro atoms. The summed E-state index contributed by atoms with van der Waals surface area (Å²) in [7, 11) is 0. The van der Waals surface area contributed by atoms with Gasteiger partial charge in [0.2, 0.25) is 5.91 Å². The van der Waals surface area contributed by atoms with Crippen LogP contribution in [0.5, 0.6) is 0 Å². The summed E-state index contributed by atoms with van der Waals surface area (Å²) in [5, 5.41) is 7.59. The van der Waals surface area contributed by atoms with Crippen LogP contribution in [0.25, 0.3) is 0 Å². The first-order valence-corrected chi connectivity index (χ1v) is 8.97. The summed E-state index contributed by atoms with van der Waals surface area (Å²) in [6.07, 6.45) is 1.38. The number of rotatable bonds is 3. The van der Waals surface area contributed by atoms with Crippen LogP contribution >= 0.6 is 11.6 Å². The maximum absolute atomic E-state index is 13.2. The highest BCUT2D eigenvalue weighted by Crippen LogP contribution is 2.26. The number of carbonyl (C=O) groups is 1. The number of hydrogen-bond donors (Lipinski definition) is 1. The lowest BCUT2D eigenvalue weighted by molar-refractivity contribution is -0.124. The molecule has 2 aromatic rings. The largest absolute Gasteiger partial charge is 0.351 e. The van der Waals surface area contributed by atoms with Gasteiger partial charge in [-0.3, -0.25) is 9.36 Å². The van der Waals surface area contributed by atoms with Gasteiger partial charge in [0.15, 0.2) is 0 Å². The standard InChI is InChI=1S/C18H22ClFN4O2/c1-18(2,3)21-16(25)13-5-4-8-23-15(13)22-24(17(23)26)10-11-6-7-12(20)9-14(11)19/h6-7,9,13H,4-5,8,10H2,1-3H3,(H,21,25). The van der Waals surface area contributed by atoms with Crippen LogP contribution in [-0.4, -0.2) is 25.8 Å². The molecule has 2 heterocycles. The van der Waals surface area contributed by atoms with E-state index in [9.17, 15) is 14.0 Å². The SMILES string of the molecule is CC(C)(C)NC(=O)C1CCCn2c1nn(Cc1ccc(F)cc1Cl)c2=O. The Hall–Kier alpha value is -2.15. The maximum atomic E-state index is 13.2. The van der Waals surface area contributed by atoms with E-state index in [1.165, 1.54) is 22.9 Å². The summed E-state index contributed by atoms with van der Waals surface area (Å²) >= 11 is 6.06. The fourth-order valence-corrected chi connectivity index (χ4v) is 3.35. The minimum Gasteiger partial charge on any atom is -0.351 e. The lowest BCUT2D eigenvalue weighted by Crippen LogP contribution is -2.44. The molecule has 1 aromatic heterocycles. The number of nitrogens with one attached hydrogen (secondary N) is 1. The molecule has 0 saturated heterocycles. The van der Waals surface area contributed by atoms with E-state index in [4.69, 9.17) is 11.6 Å². The summed E-state index contributed by atoms with van der Waals surface area (Å²) in [4.78, 5) is 25.3. The molecule has 6 nitrogen and oxygen atoms in total. The highest BCUT2D eigenvalue weighted by molar-refractivity contribution is 6.31. The molecule has 3 rings (SSSR count). The van der Waals surface area contributed by atoms with Crippen molar-refractivity contribution >= 4 is 17.5 Å². The molecule has 26 heavy (non-hydrogen) atoms. The fourth-order valence-electron chi connectivity index (χ4n) is 3.13. The Labute approximate surface area is 156 Å². The van der Waals surface area contributed by atoms with Gasteiger partial charge in [-0.05, 0) is 51.3 Å². The van der Waals surface area contributed by atoms with Crippen molar-refractivity contribution < 1.29 is 9.18 Å². The molecular formula is C18H22ClFN4O2. The molecule has 1 atom stereocenters. The highest BCUT2D eigenvalue weighted by atomic mass is 35.5. The van der Waals surface area contributed by atoms with Crippen molar-refractivity contribution in [3.63, 3.8) is 0 Å². The lowest BCUT2D eigenvalue weighted by Gasteiger charge is -2.26. The molecule has 0 fully saturated rings. The van der Waals surface area contributed by atoms with Gasteiger partial charge in [-0.25, -0.2) is 13.9 Å². The Morgan fingerprint density at radius 3 is 2.81 bits per heavy atom. The first-order valence-electron chi connectivity index (χ1n) is 8.59. The predicted molar refractivity (Wildman–Crippen MR) is 96.9 cm³/mol. The zero-order valence-corrected chi connectivity index (χ0v) is 15.8. The van der Waals surface area contributed by atoms with Crippen molar-refractivity contribution in [2.45, 2.75) is 58.2 Å². The normalized spacial score (nSPS) is 17.0. The molecule has 0 bridgehead atoms. The number of benzene rings is 1. The van der Waals surface area contributed by atoms with Crippen LogP contribution in [0.3, 0.4) is 0 Å². The molecular weight excluding hydrogens is 359 g/mol. The van der Waals surface area contributed by atoms with Gasteiger partial charge in [0.25, 0.3) is 0 Å². The summed E-state index contributed by atoms with van der Waals surface area (Å²) in [6.45, 7) is 6.40. The van der Waals surface area contributed by atoms with Gasteiger partial charge in [0.1, 0.15) is 11.6 Å². The number of amides is 1. The van der Waals surface area contributed by atoms with Gasteiger partial charge < -0.3 is 5.32 Å². The quantitative estimate of drug-likeness (QED) is 0.890. The third-order valence-electron chi connectivity index (χ3n) is 4.29. The molecule has 1 aliphatic rings. The molecule has 140 valence electrons. The number of fused-ring (bicyclic) bond motifs is 1. The smallest absolute Gasteiger partial charge is 0.346 e. The first-order chi connectivity index (χ1) is 12.2. The van der Waals surface area contributed by atoms with Crippen LogP contribution < -0.4 is 11.0 Å². The zero-order chi connectivity index (χ0) is 19.1. The van der Waals surface area contributed by atoms with Gasteiger partial charge in [-0.2, -0.15) is 5.10 Å². The number of carbonyl (C=O) groups excluding carboxylic acids is 1. The summed E-state index contributed by atoms with van der Waals surface area (Å²) in [5.74, 6) is -0.550. The number of halogens is 2. The summed E-state index contributed by atoms with van der Waals surface area (Å²) in [6, 6.07) is 4.03. The van der Waals surface area contributed by atoms with E-state index in [-0.39, 0.29) is 28.7 Å². The molecule has 8 heteroatoms. The molecule has 0 radical (unpaired) electrons. The van der Waals surface area contributed by atoms with Crippen LogP contribution in [0, 0.1) is 5.82 Å². The second-order valence-electron chi connectivity index (χ2n) is 7.62. The third-order valence-corrected chi connectivity index (χ3v) is 4.64. The molecule has 0 saturated carbocycles. The molecule has 1 unspecified atom stereocenters. The summed E-state index contributed by atoms with van der Waals surface area (Å²) < 4.78 is 16.0. The number of aromatic nitrogens is 3. The van der Waals surface area contributed by atoms with Crippen molar-refractivity contribution in [2.24, 2.45) is 0 Å². The second kappa shape index (κ2) is 6.87. The molecule has 1 N–H and O–H groups in total. The first kappa shape index (κ1) is 18.6. The van der Waals surface area contributed by atoms with Crippen LogP contribution in [0.4, 0.5) is 4.39 Å². The monoisotopic (exact) mass is 380 g/mol. The predicted octanol–water partition coefficient (Wildman–Crippen LogP) is 2.68. The van der Waals surface area contributed by atoms with E-state index in [1.54, 1.807) is 4.57 Å². The van der Waals surface area contributed by atoms with E-state index in [2.05, 4.69) is 10.4 Å². The van der Waals surface area contributed by atoms with Gasteiger partial charge in [0.05, 0.1) is 12.5 Å².